The monoisotopic (exact) mass is 1350 g/mol. The Kier molecular flexibility index (Phi) is 10.1. The van der Waals surface area contributed by atoms with E-state index in [0.717, 1.165) is 44.3 Å². The summed E-state index contributed by atoms with van der Waals surface area (Å²) < 4.78 is 102. The van der Waals surface area contributed by atoms with Gasteiger partial charge >= 0.3 is 0 Å². The summed E-state index contributed by atoms with van der Waals surface area (Å²) in [6, 6.07) is 64.4. The van der Waals surface area contributed by atoms with Gasteiger partial charge in [0, 0.05) is 90.2 Å². The van der Waals surface area contributed by atoms with Gasteiger partial charge < -0.3 is 19.1 Å². The third-order valence-electron chi connectivity index (χ3n) is 19.3. The fraction of sp³-hybridized carbons (Fsp3) is 0.143. The first-order valence-corrected chi connectivity index (χ1v) is 30.6. The third kappa shape index (κ3) is 8.07. The van der Waals surface area contributed by atoms with E-state index < -0.39 is 65.8 Å². The summed E-state index contributed by atoms with van der Waals surface area (Å²) in [5.41, 5.74) is 19.6. The molecule has 11 aromatic carbocycles. The summed E-state index contributed by atoms with van der Waals surface area (Å²) >= 11 is 0. The fourth-order valence-corrected chi connectivity index (χ4v) is 15.4. The van der Waals surface area contributed by atoms with E-state index in [9.17, 15) is 5.48 Å². The Hall–Kier alpha value is -9.54. The van der Waals surface area contributed by atoms with Crippen LogP contribution in [-0.2, 0) is 31.9 Å². The first kappa shape index (κ1) is 44.8. The second-order valence-corrected chi connectivity index (χ2v) is 26.3. The molecule has 2 aromatic heterocycles. The average Bonchev–Trinajstić information content (AvgIpc) is 1.35. The molecule has 4 bridgehead atoms. The molecule has 0 spiro atoms. The molecule has 0 unspecified atom stereocenters. The van der Waals surface area contributed by atoms with Crippen LogP contribution in [0.5, 0.6) is 11.5 Å². The van der Waals surface area contributed by atoms with Crippen LogP contribution in [0, 0.1) is 18.8 Å². The number of pyridine rings is 1. The number of hydrogen-bond acceptors (Lipinski definition) is 4. The van der Waals surface area contributed by atoms with Gasteiger partial charge in [-0.2, -0.15) is 6.07 Å². The van der Waals surface area contributed by atoms with Crippen molar-refractivity contribution in [3.05, 3.63) is 339 Å². The summed E-state index contributed by atoms with van der Waals surface area (Å²) in [4.78, 5) is 9.02. The van der Waals surface area contributed by atoms with Crippen LogP contribution in [-0.4, -0.2) is 9.55 Å². The second kappa shape index (κ2) is 20.2. The Balaban J connectivity index is 0.00000748. The largest absolute Gasteiger partial charge is 0.509 e. The molecule has 0 saturated heterocycles. The molecular formula is C84H63N4OPt-3. The van der Waals surface area contributed by atoms with Crippen molar-refractivity contribution in [1.82, 2.24) is 9.55 Å². The molecule has 90 heavy (non-hydrogen) atoms. The summed E-state index contributed by atoms with van der Waals surface area (Å²) in [6.45, 7) is 14.4. The Morgan fingerprint density at radius 3 is 1.52 bits per heavy atom. The molecule has 0 N–H and O–H groups in total. The van der Waals surface area contributed by atoms with E-state index in [4.69, 9.17) is 17.9 Å². The van der Waals surface area contributed by atoms with E-state index in [1.54, 1.807) is 0 Å². The molecule has 1 aliphatic heterocycles. The van der Waals surface area contributed by atoms with Gasteiger partial charge in [0.05, 0.1) is 13.7 Å². The molecule has 0 amide bonds. The van der Waals surface area contributed by atoms with Gasteiger partial charge in [-0.15, -0.1) is 47.6 Å². The van der Waals surface area contributed by atoms with Crippen LogP contribution in [0.25, 0.3) is 49.9 Å². The van der Waals surface area contributed by atoms with Gasteiger partial charge in [0.25, 0.3) is 0 Å². The maximum Gasteiger partial charge on any atom is 0.135 e. The van der Waals surface area contributed by atoms with E-state index in [-0.39, 0.29) is 78.1 Å². The molecule has 0 saturated carbocycles. The minimum atomic E-state index is -0.668. The van der Waals surface area contributed by atoms with Gasteiger partial charge in [-0.05, 0) is 142 Å². The normalized spacial score (nSPS) is 18.6. The van der Waals surface area contributed by atoms with Gasteiger partial charge in [-0.1, -0.05) is 228 Å². The summed E-state index contributed by atoms with van der Waals surface area (Å²) in [6.07, 6.45) is 1.90. The summed E-state index contributed by atoms with van der Waals surface area (Å²) in [7, 11) is 0. The van der Waals surface area contributed by atoms with Crippen molar-refractivity contribution in [2.24, 2.45) is 0 Å². The van der Waals surface area contributed by atoms with Crippen molar-refractivity contribution in [2.45, 2.75) is 76.0 Å². The van der Waals surface area contributed by atoms with E-state index >= 15 is 0 Å². The maximum absolute atomic E-state index is 9.56. The smallest absolute Gasteiger partial charge is 0.135 e. The standard InChI is InChI=1S/C84H63N4O.Pt/c1-83(2,3)52-41-42-85-74(45-52)88-71-40-39-65-75-56-27-13-19-33-62(56)78(63-34-20-14-28-57(63)75)81(65)79(71)64-38-37-55(48-72(64)88)89-73-47-54(46-68-76-58-29-15-17-31-60(58)77(80(68)73)61-32-18-16-30-59(61)76)86-49-87(70-36-22-21-35-69(70)86)82-66(50-23-9-7-10-24-50)43-53(84(4,5)6)44-67(82)51-25-11-8-12-26-51;/h7-46,49,75-78H,1-6H3;/q-3;/i7D,8D,9D,10D,11D,12D,23D,24D,25D,26D;. The molecule has 5 nitrogen and oxygen atoms in total. The quantitative estimate of drug-likeness (QED) is 0.149. The molecule has 6 aliphatic carbocycles. The topological polar surface area (TPSA) is 33.5 Å². The zero-order valence-electron chi connectivity index (χ0n) is 60.2. The van der Waals surface area contributed by atoms with Crippen molar-refractivity contribution in [2.75, 3.05) is 9.80 Å². The molecule has 13 aromatic rings. The van der Waals surface area contributed by atoms with Crippen LogP contribution in [0.1, 0.15) is 157 Å². The van der Waals surface area contributed by atoms with Crippen LogP contribution in [0.15, 0.2) is 243 Å². The molecule has 6 heteroatoms. The zero-order chi connectivity index (χ0) is 68.3. The Morgan fingerprint density at radius 2 is 0.978 bits per heavy atom. The van der Waals surface area contributed by atoms with Crippen LogP contribution in [0.3, 0.4) is 0 Å². The predicted octanol–water partition coefficient (Wildman–Crippen LogP) is 20.9. The fourth-order valence-electron chi connectivity index (χ4n) is 15.4. The summed E-state index contributed by atoms with van der Waals surface area (Å²) in [5, 5.41) is 2.17. The van der Waals surface area contributed by atoms with E-state index in [2.05, 4.69) is 171 Å². The number of hydrogen-bond donors (Lipinski definition) is 0. The van der Waals surface area contributed by atoms with Gasteiger partial charge in [0.2, 0.25) is 0 Å². The molecule has 3 heterocycles. The summed E-state index contributed by atoms with van der Waals surface area (Å²) in [5.74, 6) is 1.26. The number of nitrogens with zero attached hydrogens (tertiary/aromatic N) is 4. The SMILES string of the molecule is [2H]c1c([2H])c([2H])c(-c2cc(C(C)(C)C)cc(-c3c([2H])c([2H])c([2H])c([2H])c3[2H])c2N2[CH-]N(c3[c-]c(Oc4[c-]c5c(cc4)c4c6c(ccc4n5-c4cc(C(C)(C)C)ccn4)C4c5ccccc5C6c5ccccc54)c4c(c3)C3c5ccccc5C4c4ccccc43)c3ccccc32)c([2H])c1[2H].[Pt]. The number of anilines is 4. The second-order valence-electron chi connectivity index (χ2n) is 26.3. The first-order valence-electron chi connectivity index (χ1n) is 35.6. The van der Waals surface area contributed by atoms with Gasteiger partial charge in [-0.25, -0.2) is 4.98 Å². The number of benzene rings is 11. The minimum Gasteiger partial charge on any atom is -0.509 e. The minimum absolute atomic E-state index is 0. The van der Waals surface area contributed by atoms with Crippen molar-refractivity contribution in [3.63, 3.8) is 0 Å². The molecular weight excluding hydrogens is 1280 g/mol. The molecule has 438 valence electrons. The Labute approximate surface area is 555 Å². The zero-order valence-corrected chi connectivity index (χ0v) is 52.5. The molecule has 0 fully saturated rings. The number of para-hydroxylation sites is 2. The predicted molar refractivity (Wildman–Crippen MR) is 362 cm³/mol. The Morgan fingerprint density at radius 1 is 0.478 bits per heavy atom. The van der Waals surface area contributed by atoms with Crippen LogP contribution in [0.4, 0.5) is 22.7 Å². The first-order chi connectivity index (χ1) is 47.6. The third-order valence-corrected chi connectivity index (χ3v) is 19.3. The van der Waals surface area contributed by atoms with Crippen LogP contribution in [0.2, 0.25) is 0 Å². The molecule has 7 aliphatic rings. The Bertz CT molecular complexity index is 5510. The van der Waals surface area contributed by atoms with Gasteiger partial charge in [0.1, 0.15) is 5.82 Å². The van der Waals surface area contributed by atoms with Crippen molar-refractivity contribution in [1.29, 1.82) is 0 Å². The molecule has 0 atom stereocenters. The van der Waals surface area contributed by atoms with Crippen molar-refractivity contribution < 1.29 is 39.5 Å². The number of rotatable bonds is 7. The average molecular weight is 1350 g/mol. The molecule has 20 rings (SSSR count). The van der Waals surface area contributed by atoms with E-state index in [1.165, 1.54) is 55.6 Å². The van der Waals surface area contributed by atoms with Crippen LogP contribution >= 0.6 is 0 Å². The number of fused-ring (bicyclic) bond motifs is 4. The maximum atomic E-state index is 9.56. The van der Waals surface area contributed by atoms with Crippen molar-refractivity contribution >= 4 is 44.6 Å². The van der Waals surface area contributed by atoms with E-state index in [1.807, 2.05) is 85.9 Å². The van der Waals surface area contributed by atoms with Gasteiger partial charge in [-0.3, -0.25) is 0 Å². The number of ether oxygens (including phenoxy) is 1. The number of aromatic nitrogens is 2. The van der Waals surface area contributed by atoms with E-state index in [0.29, 0.717) is 34.1 Å². The van der Waals surface area contributed by atoms with Gasteiger partial charge in [0.15, 0.2) is 0 Å². The van der Waals surface area contributed by atoms with Crippen molar-refractivity contribution in [3.8, 4) is 39.6 Å². The van der Waals surface area contributed by atoms with Crippen LogP contribution < -0.4 is 14.5 Å². The molecule has 0 radical (unpaired) electrons.